The minimum absolute atomic E-state index is 0.249. The third kappa shape index (κ3) is 4.81. The Morgan fingerprint density at radius 1 is 1.32 bits per heavy atom. The van der Waals surface area contributed by atoms with Crippen LogP contribution in [0.25, 0.3) is 0 Å². The zero-order valence-electron chi connectivity index (χ0n) is 13.6. The lowest BCUT2D eigenvalue weighted by molar-refractivity contribution is 0.697. The van der Waals surface area contributed by atoms with E-state index >= 15 is 0 Å². The third-order valence-corrected chi connectivity index (χ3v) is 5.38. The van der Waals surface area contributed by atoms with E-state index in [2.05, 4.69) is 71.2 Å². The maximum Gasteiger partial charge on any atom is 0.192 e. The minimum atomic E-state index is 0.249. The van der Waals surface area contributed by atoms with E-state index in [1.807, 2.05) is 0 Å². The van der Waals surface area contributed by atoms with Crippen molar-refractivity contribution >= 4 is 28.6 Å². The lowest BCUT2D eigenvalue weighted by Crippen LogP contribution is -2.38. The van der Waals surface area contributed by atoms with Crippen LogP contribution in [0.5, 0.6) is 0 Å². The highest BCUT2D eigenvalue weighted by molar-refractivity contribution is 7.10. The molecule has 0 aliphatic carbocycles. The number of thiophene rings is 1. The molecule has 120 valence electrons. The Hall–Kier alpha value is -1.40. The first-order valence-corrected chi connectivity index (χ1v) is 9.38. The molecule has 2 rings (SSSR count). The Labute approximate surface area is 140 Å². The zero-order chi connectivity index (χ0) is 15.9. The van der Waals surface area contributed by atoms with Crippen LogP contribution in [-0.2, 0) is 6.54 Å². The number of guanidine groups is 1. The van der Waals surface area contributed by atoms with E-state index in [0.29, 0.717) is 12.5 Å². The monoisotopic (exact) mass is 336 g/mol. The Morgan fingerprint density at radius 3 is 2.73 bits per heavy atom. The van der Waals surface area contributed by atoms with E-state index in [9.17, 15) is 0 Å². The molecule has 4 nitrogen and oxygen atoms in total. The smallest absolute Gasteiger partial charge is 0.192 e. The van der Waals surface area contributed by atoms with Crippen molar-refractivity contribution in [3.8, 4) is 0 Å². The molecule has 0 saturated carbocycles. The van der Waals surface area contributed by atoms with Gasteiger partial charge in [-0.05, 0) is 25.3 Å². The number of aromatic nitrogens is 1. The highest BCUT2D eigenvalue weighted by Crippen LogP contribution is 2.20. The molecule has 0 amide bonds. The summed E-state index contributed by atoms with van der Waals surface area (Å²) in [7, 11) is 0. The molecule has 6 heteroatoms. The van der Waals surface area contributed by atoms with Crippen LogP contribution < -0.4 is 10.6 Å². The van der Waals surface area contributed by atoms with E-state index in [0.717, 1.165) is 18.2 Å². The Balaban J connectivity index is 1.99. The molecule has 0 aromatic carbocycles. The maximum absolute atomic E-state index is 4.65. The van der Waals surface area contributed by atoms with Gasteiger partial charge >= 0.3 is 0 Å². The molecule has 1 unspecified atom stereocenters. The van der Waals surface area contributed by atoms with Crippen LogP contribution in [0.2, 0.25) is 0 Å². The van der Waals surface area contributed by atoms with E-state index in [1.165, 1.54) is 9.88 Å². The molecule has 0 bridgehead atoms. The van der Waals surface area contributed by atoms with Crippen LogP contribution in [0.4, 0.5) is 0 Å². The molecule has 1 atom stereocenters. The van der Waals surface area contributed by atoms with Gasteiger partial charge in [0, 0.05) is 22.7 Å². The lowest BCUT2D eigenvalue weighted by Gasteiger charge is -2.16. The van der Waals surface area contributed by atoms with Gasteiger partial charge in [-0.15, -0.1) is 22.7 Å². The number of nitrogens with one attached hydrogen (secondary N) is 2. The molecule has 0 aliphatic rings. The molecular formula is C16H24N4S2. The fourth-order valence-electron chi connectivity index (χ4n) is 1.95. The van der Waals surface area contributed by atoms with Crippen molar-refractivity contribution in [3.05, 3.63) is 38.5 Å². The van der Waals surface area contributed by atoms with E-state index in [4.69, 9.17) is 0 Å². The van der Waals surface area contributed by atoms with Gasteiger partial charge in [0.05, 0.1) is 23.3 Å². The Bertz CT molecular complexity index is 587. The van der Waals surface area contributed by atoms with Gasteiger partial charge in [-0.25, -0.2) is 9.98 Å². The molecular weight excluding hydrogens is 312 g/mol. The second-order valence-corrected chi connectivity index (χ2v) is 7.28. The number of nitrogens with zero attached hydrogens (tertiary/aromatic N) is 2. The molecule has 0 spiro atoms. The average molecular weight is 337 g/mol. The van der Waals surface area contributed by atoms with Crippen molar-refractivity contribution in [3.63, 3.8) is 0 Å². The lowest BCUT2D eigenvalue weighted by atomic mass is 10.2. The van der Waals surface area contributed by atoms with Gasteiger partial charge in [0.2, 0.25) is 0 Å². The standard InChI is InChI=1S/C16H24N4S2/c1-5-17-16(19-12(4)14-7-6-8-21-14)18-9-13-10-22-15(20-13)11(2)3/h6-8,10-12H,5,9H2,1-4H3,(H2,17,18,19). The van der Waals surface area contributed by atoms with Crippen molar-refractivity contribution in [2.24, 2.45) is 4.99 Å². The molecule has 22 heavy (non-hydrogen) atoms. The first-order valence-electron chi connectivity index (χ1n) is 7.62. The van der Waals surface area contributed by atoms with E-state index in [1.54, 1.807) is 22.7 Å². The highest BCUT2D eigenvalue weighted by atomic mass is 32.1. The molecule has 0 radical (unpaired) electrons. The molecule has 0 fully saturated rings. The predicted octanol–water partition coefficient (Wildman–Crippen LogP) is 4.14. The van der Waals surface area contributed by atoms with Gasteiger partial charge in [0.25, 0.3) is 0 Å². The van der Waals surface area contributed by atoms with E-state index < -0.39 is 0 Å². The fourth-order valence-corrected chi connectivity index (χ4v) is 3.51. The zero-order valence-corrected chi connectivity index (χ0v) is 15.2. The summed E-state index contributed by atoms with van der Waals surface area (Å²) in [6, 6.07) is 4.46. The predicted molar refractivity (Wildman–Crippen MR) is 96.9 cm³/mol. The summed E-state index contributed by atoms with van der Waals surface area (Å²) in [5.74, 6) is 1.32. The summed E-state index contributed by atoms with van der Waals surface area (Å²) in [4.78, 5) is 10.6. The number of hydrogen-bond donors (Lipinski definition) is 2. The highest BCUT2D eigenvalue weighted by Gasteiger charge is 2.09. The molecule has 2 aromatic heterocycles. The van der Waals surface area contributed by atoms with Crippen molar-refractivity contribution in [1.29, 1.82) is 0 Å². The van der Waals surface area contributed by atoms with Crippen molar-refractivity contribution in [2.45, 2.75) is 46.2 Å². The summed E-state index contributed by atoms with van der Waals surface area (Å²) < 4.78 is 0. The van der Waals surface area contributed by atoms with Crippen LogP contribution in [0.3, 0.4) is 0 Å². The van der Waals surface area contributed by atoms with Crippen LogP contribution in [0, 0.1) is 0 Å². The average Bonchev–Trinajstić information content (AvgIpc) is 3.16. The molecule has 0 saturated heterocycles. The van der Waals surface area contributed by atoms with E-state index in [-0.39, 0.29) is 6.04 Å². The molecule has 0 aliphatic heterocycles. The van der Waals surface area contributed by atoms with Gasteiger partial charge in [0.15, 0.2) is 5.96 Å². The van der Waals surface area contributed by atoms with Gasteiger partial charge in [-0.3, -0.25) is 0 Å². The van der Waals surface area contributed by atoms with Crippen LogP contribution in [-0.4, -0.2) is 17.5 Å². The number of hydrogen-bond acceptors (Lipinski definition) is 4. The second-order valence-electron chi connectivity index (χ2n) is 5.41. The quantitative estimate of drug-likeness (QED) is 0.615. The van der Waals surface area contributed by atoms with Gasteiger partial charge < -0.3 is 10.6 Å². The third-order valence-electron chi connectivity index (χ3n) is 3.13. The topological polar surface area (TPSA) is 49.3 Å². The number of rotatable bonds is 6. The summed E-state index contributed by atoms with van der Waals surface area (Å²) in [6.07, 6.45) is 0. The summed E-state index contributed by atoms with van der Waals surface area (Å²) in [5.41, 5.74) is 1.04. The van der Waals surface area contributed by atoms with Gasteiger partial charge in [-0.2, -0.15) is 0 Å². The molecule has 2 N–H and O–H groups in total. The van der Waals surface area contributed by atoms with Crippen molar-refractivity contribution in [2.75, 3.05) is 6.54 Å². The number of aliphatic imine (C=N–C) groups is 1. The number of thiazole rings is 1. The maximum atomic E-state index is 4.65. The van der Waals surface area contributed by atoms with Crippen molar-refractivity contribution < 1.29 is 0 Å². The van der Waals surface area contributed by atoms with Gasteiger partial charge in [0.1, 0.15) is 0 Å². The summed E-state index contributed by atoms with van der Waals surface area (Å²) in [6.45, 7) is 10.0. The first kappa shape index (κ1) is 17.0. The van der Waals surface area contributed by atoms with Crippen molar-refractivity contribution in [1.82, 2.24) is 15.6 Å². The molecule has 2 heterocycles. The Kier molecular flexibility index (Phi) is 6.39. The molecule has 2 aromatic rings. The van der Waals surface area contributed by atoms with Crippen LogP contribution in [0.15, 0.2) is 27.9 Å². The first-order chi connectivity index (χ1) is 10.6. The Morgan fingerprint density at radius 2 is 2.14 bits per heavy atom. The van der Waals surface area contributed by atoms with Crippen LogP contribution in [0.1, 0.15) is 55.2 Å². The SMILES string of the molecule is CCNC(=NCc1csc(C(C)C)n1)NC(C)c1cccs1. The fraction of sp³-hybridized carbons (Fsp3) is 0.500. The largest absolute Gasteiger partial charge is 0.357 e. The second kappa shape index (κ2) is 8.29. The minimum Gasteiger partial charge on any atom is -0.357 e. The normalized spacial score (nSPS) is 13.4. The van der Waals surface area contributed by atoms with Crippen LogP contribution >= 0.6 is 22.7 Å². The van der Waals surface area contributed by atoms with Gasteiger partial charge in [-0.1, -0.05) is 19.9 Å². The summed E-state index contributed by atoms with van der Waals surface area (Å²) in [5, 5.41) is 12.1. The summed E-state index contributed by atoms with van der Waals surface area (Å²) >= 11 is 3.47.